The number of halogens is 4. The van der Waals surface area contributed by atoms with E-state index in [4.69, 9.17) is 11.6 Å². The summed E-state index contributed by atoms with van der Waals surface area (Å²) in [4.78, 5) is 18.3. The van der Waals surface area contributed by atoms with Crippen LogP contribution in [-0.4, -0.2) is 27.8 Å². The fourth-order valence-electron chi connectivity index (χ4n) is 0.886. The zero-order valence-electron chi connectivity index (χ0n) is 9.21. The lowest BCUT2D eigenvalue weighted by Crippen LogP contribution is -2.30. The lowest BCUT2D eigenvalue weighted by Gasteiger charge is -2.09. The summed E-state index contributed by atoms with van der Waals surface area (Å²) in [7, 11) is 0. The number of carbonyl (C=O) groups excluding carboxylic acids is 1. The van der Waals surface area contributed by atoms with Gasteiger partial charge in [0.2, 0.25) is 0 Å². The van der Waals surface area contributed by atoms with Crippen molar-refractivity contribution in [2.24, 2.45) is 0 Å². The summed E-state index contributed by atoms with van der Waals surface area (Å²) in [5, 5.41) is 1.74. The number of hydrogen-bond donors (Lipinski definition) is 1. The molecule has 0 fully saturated rings. The summed E-state index contributed by atoms with van der Waals surface area (Å²) in [5.74, 6) is -1.34. The van der Waals surface area contributed by atoms with Crippen molar-refractivity contribution in [1.82, 2.24) is 9.97 Å². The van der Waals surface area contributed by atoms with Gasteiger partial charge in [0.15, 0.2) is 10.3 Å². The largest absolute Gasteiger partial charge is 0.471 e. The van der Waals surface area contributed by atoms with Gasteiger partial charge in [-0.1, -0.05) is 30.3 Å². The lowest BCUT2D eigenvalue weighted by molar-refractivity contribution is -0.167. The minimum absolute atomic E-state index is 0.221. The minimum Gasteiger partial charge on any atom is -0.314 e. The van der Waals surface area contributed by atoms with Crippen molar-refractivity contribution in [3.05, 3.63) is 11.3 Å². The van der Waals surface area contributed by atoms with Crippen LogP contribution in [0.1, 0.15) is 13.3 Å². The second-order valence-electron chi connectivity index (χ2n) is 3.16. The maximum absolute atomic E-state index is 12.0. The van der Waals surface area contributed by atoms with Crippen LogP contribution >= 0.6 is 23.4 Å². The molecule has 1 heterocycles. The molecule has 0 saturated carbocycles. The first-order valence-electron chi connectivity index (χ1n) is 4.88. The lowest BCUT2D eigenvalue weighted by atomic mass is 10.5. The Hall–Kier alpha value is -1.02. The zero-order chi connectivity index (χ0) is 13.8. The molecule has 0 aliphatic carbocycles. The zero-order valence-corrected chi connectivity index (χ0v) is 10.8. The van der Waals surface area contributed by atoms with E-state index >= 15 is 0 Å². The van der Waals surface area contributed by atoms with Gasteiger partial charge in [-0.3, -0.25) is 4.79 Å². The highest BCUT2D eigenvalue weighted by molar-refractivity contribution is 7.99. The van der Waals surface area contributed by atoms with Crippen molar-refractivity contribution < 1.29 is 18.0 Å². The van der Waals surface area contributed by atoms with Gasteiger partial charge in [-0.2, -0.15) is 13.2 Å². The molecule has 0 spiro atoms. The molecule has 4 nitrogen and oxygen atoms in total. The number of aromatic nitrogens is 2. The maximum atomic E-state index is 12.0. The molecule has 1 rings (SSSR count). The van der Waals surface area contributed by atoms with E-state index in [1.807, 2.05) is 6.92 Å². The molecule has 0 atom stereocenters. The Bertz CT molecular complexity index is 442. The number of amides is 1. The van der Waals surface area contributed by atoms with Gasteiger partial charge in [0.25, 0.3) is 0 Å². The first-order valence-corrected chi connectivity index (χ1v) is 6.24. The highest BCUT2D eigenvalue weighted by Gasteiger charge is 2.39. The van der Waals surface area contributed by atoms with Gasteiger partial charge in [0.1, 0.15) is 0 Å². The number of thioether (sulfide) groups is 1. The predicted molar refractivity (Wildman–Crippen MR) is 62.7 cm³/mol. The maximum Gasteiger partial charge on any atom is 0.471 e. The Morgan fingerprint density at radius 3 is 2.72 bits per heavy atom. The van der Waals surface area contributed by atoms with Crippen molar-refractivity contribution >= 4 is 35.0 Å². The third-order valence-corrected chi connectivity index (χ3v) is 3.02. The standard InChI is InChI=1S/C9H9ClF3N3OS/c1-2-3-18-8-14-4-5(6(10)16-8)15-7(17)9(11,12)13/h4H,2-3H2,1H3,(H,15,17). The van der Waals surface area contributed by atoms with Crippen molar-refractivity contribution in [2.75, 3.05) is 11.1 Å². The number of hydrogen-bond acceptors (Lipinski definition) is 4. The van der Waals surface area contributed by atoms with Gasteiger partial charge in [-0.15, -0.1) is 0 Å². The molecule has 0 aliphatic heterocycles. The molecule has 9 heteroatoms. The van der Waals surface area contributed by atoms with Crippen LogP contribution in [-0.2, 0) is 4.79 Å². The third-order valence-electron chi connectivity index (χ3n) is 1.66. The van der Waals surface area contributed by atoms with Crippen LogP contribution in [0, 0.1) is 0 Å². The van der Waals surface area contributed by atoms with Gasteiger partial charge < -0.3 is 5.32 Å². The summed E-state index contributed by atoms with van der Waals surface area (Å²) in [6, 6.07) is 0. The van der Waals surface area contributed by atoms with Gasteiger partial charge in [-0.25, -0.2) is 9.97 Å². The van der Waals surface area contributed by atoms with Crippen molar-refractivity contribution in [2.45, 2.75) is 24.7 Å². The summed E-state index contributed by atoms with van der Waals surface area (Å²) >= 11 is 6.98. The average molecular weight is 300 g/mol. The predicted octanol–water partition coefficient (Wildman–Crippen LogP) is 3.13. The van der Waals surface area contributed by atoms with E-state index < -0.39 is 12.1 Å². The van der Waals surface area contributed by atoms with Gasteiger partial charge >= 0.3 is 12.1 Å². The molecule has 0 aliphatic rings. The highest BCUT2D eigenvalue weighted by Crippen LogP contribution is 2.24. The van der Waals surface area contributed by atoms with Crippen LogP contribution in [0.5, 0.6) is 0 Å². The van der Waals surface area contributed by atoms with Gasteiger partial charge in [0.05, 0.1) is 11.9 Å². The van der Waals surface area contributed by atoms with Crippen LogP contribution < -0.4 is 5.32 Å². The topological polar surface area (TPSA) is 54.9 Å². The number of carbonyl (C=O) groups is 1. The molecule has 0 bridgehead atoms. The SMILES string of the molecule is CCCSc1ncc(NC(=O)C(F)(F)F)c(Cl)n1. The van der Waals surface area contributed by atoms with E-state index in [1.165, 1.54) is 11.8 Å². The molecule has 100 valence electrons. The van der Waals surface area contributed by atoms with E-state index in [2.05, 4.69) is 9.97 Å². The monoisotopic (exact) mass is 299 g/mol. The van der Waals surface area contributed by atoms with Crippen LogP contribution in [0.4, 0.5) is 18.9 Å². The molecule has 18 heavy (non-hydrogen) atoms. The first-order chi connectivity index (χ1) is 8.34. The number of alkyl halides is 3. The van der Waals surface area contributed by atoms with E-state index in [0.717, 1.165) is 18.4 Å². The number of anilines is 1. The Morgan fingerprint density at radius 2 is 2.22 bits per heavy atom. The smallest absolute Gasteiger partial charge is 0.314 e. The fourth-order valence-corrected chi connectivity index (χ4v) is 1.78. The number of rotatable bonds is 4. The molecule has 1 N–H and O–H groups in total. The van der Waals surface area contributed by atoms with Crippen LogP contribution in [0.3, 0.4) is 0 Å². The Kier molecular flexibility index (Phi) is 5.21. The van der Waals surface area contributed by atoms with E-state index in [0.29, 0.717) is 5.16 Å². The van der Waals surface area contributed by atoms with Crippen molar-refractivity contribution in [1.29, 1.82) is 0 Å². The fraction of sp³-hybridized carbons (Fsp3) is 0.444. The molecule has 1 aromatic heterocycles. The molecule has 0 aromatic carbocycles. The van der Waals surface area contributed by atoms with Crippen molar-refractivity contribution in [3.63, 3.8) is 0 Å². The normalized spacial score (nSPS) is 11.4. The summed E-state index contributed by atoms with van der Waals surface area (Å²) in [6.45, 7) is 1.96. The Labute approximate surface area is 110 Å². The second kappa shape index (κ2) is 6.24. The summed E-state index contributed by atoms with van der Waals surface area (Å²) in [5.41, 5.74) is -0.264. The molecule has 1 aromatic rings. The Balaban J connectivity index is 2.77. The molecular weight excluding hydrogens is 291 g/mol. The average Bonchev–Trinajstić information content (AvgIpc) is 2.28. The minimum atomic E-state index is -4.97. The quantitative estimate of drug-likeness (QED) is 0.527. The molecular formula is C9H9ClF3N3OS. The van der Waals surface area contributed by atoms with Gasteiger partial charge in [0, 0.05) is 5.75 Å². The van der Waals surface area contributed by atoms with E-state index in [9.17, 15) is 18.0 Å². The van der Waals surface area contributed by atoms with Gasteiger partial charge in [-0.05, 0) is 6.42 Å². The summed E-state index contributed by atoms with van der Waals surface area (Å²) < 4.78 is 36.0. The second-order valence-corrected chi connectivity index (χ2v) is 4.58. The number of nitrogens with one attached hydrogen (secondary N) is 1. The number of nitrogens with zero attached hydrogens (tertiary/aromatic N) is 2. The van der Waals surface area contributed by atoms with Crippen molar-refractivity contribution in [3.8, 4) is 0 Å². The van der Waals surface area contributed by atoms with E-state index in [1.54, 1.807) is 5.32 Å². The van der Waals surface area contributed by atoms with Crippen LogP contribution in [0.2, 0.25) is 5.15 Å². The van der Waals surface area contributed by atoms with E-state index in [-0.39, 0.29) is 10.8 Å². The molecule has 1 amide bonds. The Morgan fingerprint density at radius 1 is 1.56 bits per heavy atom. The molecule has 0 saturated heterocycles. The van der Waals surface area contributed by atoms with Crippen LogP contribution in [0.15, 0.2) is 11.4 Å². The molecule has 0 unspecified atom stereocenters. The molecule has 0 radical (unpaired) electrons. The highest BCUT2D eigenvalue weighted by atomic mass is 35.5. The first kappa shape index (κ1) is 15.0. The summed E-state index contributed by atoms with van der Waals surface area (Å²) in [6.07, 6.45) is -3.02. The van der Waals surface area contributed by atoms with Crippen LogP contribution in [0.25, 0.3) is 0 Å². The third kappa shape index (κ3) is 4.34.